The van der Waals surface area contributed by atoms with Crippen molar-refractivity contribution in [1.82, 2.24) is 10.2 Å². The van der Waals surface area contributed by atoms with Crippen LogP contribution < -0.4 is 5.32 Å². The van der Waals surface area contributed by atoms with E-state index in [4.69, 9.17) is 11.6 Å². The van der Waals surface area contributed by atoms with Crippen LogP contribution in [0.15, 0.2) is 29.2 Å². The van der Waals surface area contributed by atoms with Crippen LogP contribution in [0.5, 0.6) is 0 Å². The van der Waals surface area contributed by atoms with Crippen molar-refractivity contribution in [3.63, 3.8) is 0 Å². The topological polar surface area (TPSA) is 54.9 Å². The Balaban J connectivity index is 2.00. The molecule has 0 spiro atoms. The SMILES string of the molecule is CC[C@@H](Sc1ccc(Cl)cc1)C(=O)Nc1nnc(C(C)C)s1. The number of hydrogen-bond donors (Lipinski definition) is 1. The number of aromatic nitrogens is 2. The summed E-state index contributed by atoms with van der Waals surface area (Å²) >= 11 is 8.83. The first-order chi connectivity index (χ1) is 10.5. The van der Waals surface area contributed by atoms with E-state index in [1.165, 1.54) is 23.1 Å². The monoisotopic (exact) mass is 355 g/mol. The summed E-state index contributed by atoms with van der Waals surface area (Å²) in [5.74, 6) is 0.266. The fourth-order valence-corrected chi connectivity index (χ4v) is 3.53. The van der Waals surface area contributed by atoms with Crippen LogP contribution in [-0.2, 0) is 4.79 Å². The van der Waals surface area contributed by atoms with Crippen LogP contribution in [0.2, 0.25) is 5.02 Å². The van der Waals surface area contributed by atoms with E-state index in [1.54, 1.807) is 0 Å². The van der Waals surface area contributed by atoms with E-state index in [0.29, 0.717) is 16.1 Å². The average molecular weight is 356 g/mol. The fraction of sp³-hybridized carbons (Fsp3) is 0.400. The van der Waals surface area contributed by atoms with Crippen molar-refractivity contribution in [2.45, 2.75) is 43.3 Å². The van der Waals surface area contributed by atoms with Gasteiger partial charge in [-0.05, 0) is 30.7 Å². The van der Waals surface area contributed by atoms with Crippen molar-refractivity contribution in [3.8, 4) is 0 Å². The molecule has 0 radical (unpaired) electrons. The smallest absolute Gasteiger partial charge is 0.239 e. The number of nitrogens with zero attached hydrogens (tertiary/aromatic N) is 2. The molecule has 2 rings (SSSR count). The second-order valence-corrected chi connectivity index (χ2v) is 7.78. The molecule has 0 bridgehead atoms. The van der Waals surface area contributed by atoms with E-state index in [1.807, 2.05) is 31.2 Å². The second-order valence-electron chi connectivity index (χ2n) is 5.06. The highest BCUT2D eigenvalue weighted by atomic mass is 35.5. The minimum Gasteiger partial charge on any atom is -0.300 e. The molecule has 0 saturated heterocycles. The predicted octanol–water partition coefficient (Wildman–Crippen LogP) is 4.82. The molecule has 22 heavy (non-hydrogen) atoms. The van der Waals surface area contributed by atoms with E-state index < -0.39 is 0 Å². The summed E-state index contributed by atoms with van der Waals surface area (Å²) in [6.45, 7) is 6.10. The molecule has 1 N–H and O–H groups in total. The molecule has 1 aromatic heterocycles. The normalized spacial score (nSPS) is 12.4. The van der Waals surface area contributed by atoms with E-state index in [9.17, 15) is 4.79 Å². The summed E-state index contributed by atoms with van der Waals surface area (Å²) in [6, 6.07) is 7.50. The van der Waals surface area contributed by atoms with Crippen molar-refractivity contribution in [3.05, 3.63) is 34.3 Å². The minimum absolute atomic E-state index is 0.0473. The van der Waals surface area contributed by atoms with Crippen LogP contribution in [0.3, 0.4) is 0 Å². The van der Waals surface area contributed by atoms with Crippen LogP contribution in [0, 0.1) is 0 Å². The summed E-state index contributed by atoms with van der Waals surface area (Å²) in [7, 11) is 0. The summed E-state index contributed by atoms with van der Waals surface area (Å²) in [4.78, 5) is 13.4. The molecule has 0 unspecified atom stereocenters. The Labute approximate surface area is 143 Å². The molecule has 0 aliphatic rings. The van der Waals surface area contributed by atoms with E-state index >= 15 is 0 Å². The molecule has 1 atom stereocenters. The Morgan fingerprint density at radius 3 is 2.55 bits per heavy atom. The number of thioether (sulfide) groups is 1. The fourth-order valence-electron chi connectivity index (χ4n) is 1.70. The first kappa shape index (κ1) is 17.2. The van der Waals surface area contributed by atoms with Gasteiger partial charge in [-0.1, -0.05) is 43.7 Å². The maximum atomic E-state index is 12.4. The van der Waals surface area contributed by atoms with Crippen molar-refractivity contribution in [1.29, 1.82) is 0 Å². The number of hydrogen-bond acceptors (Lipinski definition) is 5. The first-order valence-corrected chi connectivity index (χ1v) is 9.13. The highest BCUT2D eigenvalue weighted by molar-refractivity contribution is 8.00. The van der Waals surface area contributed by atoms with Crippen LogP contribution in [0.25, 0.3) is 0 Å². The molecule has 0 saturated carbocycles. The number of carbonyl (C=O) groups is 1. The number of nitrogens with one attached hydrogen (secondary N) is 1. The molecule has 7 heteroatoms. The lowest BCUT2D eigenvalue weighted by atomic mass is 10.2. The number of carbonyl (C=O) groups excluding carboxylic acids is 1. The standard InChI is InChI=1S/C15H18ClN3OS2/c1-4-12(21-11-7-5-10(16)6-8-11)13(20)17-15-19-18-14(22-15)9(2)3/h5-9,12H,4H2,1-3H3,(H,17,19,20)/t12-/m1/s1. The number of anilines is 1. The third kappa shape index (κ3) is 4.69. The van der Waals surface area contributed by atoms with Crippen LogP contribution >= 0.6 is 34.7 Å². The van der Waals surface area contributed by atoms with Gasteiger partial charge in [-0.15, -0.1) is 22.0 Å². The molecule has 0 fully saturated rings. The first-order valence-electron chi connectivity index (χ1n) is 7.06. The molecule has 0 aliphatic heterocycles. The summed E-state index contributed by atoms with van der Waals surface area (Å²) in [5.41, 5.74) is 0. The van der Waals surface area contributed by atoms with Gasteiger partial charge in [0.15, 0.2) is 0 Å². The highest BCUT2D eigenvalue weighted by Gasteiger charge is 2.20. The summed E-state index contributed by atoms with van der Waals surface area (Å²) in [5, 5.41) is 13.0. The highest BCUT2D eigenvalue weighted by Crippen LogP contribution is 2.28. The van der Waals surface area contributed by atoms with Gasteiger partial charge in [0, 0.05) is 15.8 Å². The van der Waals surface area contributed by atoms with Gasteiger partial charge in [0.25, 0.3) is 0 Å². The molecular formula is C15H18ClN3OS2. The lowest BCUT2D eigenvalue weighted by Crippen LogP contribution is -2.24. The average Bonchev–Trinajstić information content (AvgIpc) is 2.95. The van der Waals surface area contributed by atoms with Gasteiger partial charge in [0.05, 0.1) is 5.25 Å². The summed E-state index contributed by atoms with van der Waals surface area (Å²) in [6.07, 6.45) is 0.731. The van der Waals surface area contributed by atoms with Gasteiger partial charge >= 0.3 is 0 Å². The minimum atomic E-state index is -0.174. The Morgan fingerprint density at radius 1 is 1.32 bits per heavy atom. The van der Waals surface area contributed by atoms with Gasteiger partial charge in [-0.2, -0.15) is 0 Å². The molecule has 118 valence electrons. The largest absolute Gasteiger partial charge is 0.300 e. The molecule has 1 amide bonds. The number of benzene rings is 1. The van der Waals surface area contributed by atoms with Crippen LogP contribution in [0.4, 0.5) is 5.13 Å². The number of halogens is 1. The van der Waals surface area contributed by atoms with Crippen molar-refractivity contribution >= 4 is 45.7 Å². The second kappa shape index (κ2) is 7.94. The molecule has 1 aromatic carbocycles. The lowest BCUT2D eigenvalue weighted by molar-refractivity contribution is -0.115. The molecule has 4 nitrogen and oxygen atoms in total. The van der Waals surface area contributed by atoms with Crippen molar-refractivity contribution in [2.24, 2.45) is 0 Å². The van der Waals surface area contributed by atoms with Gasteiger partial charge < -0.3 is 0 Å². The van der Waals surface area contributed by atoms with Crippen LogP contribution in [0.1, 0.15) is 38.1 Å². The molecule has 1 heterocycles. The third-order valence-electron chi connectivity index (χ3n) is 2.92. The zero-order chi connectivity index (χ0) is 16.1. The van der Waals surface area contributed by atoms with E-state index in [2.05, 4.69) is 29.4 Å². The van der Waals surface area contributed by atoms with E-state index in [-0.39, 0.29) is 11.2 Å². The van der Waals surface area contributed by atoms with Crippen molar-refractivity contribution in [2.75, 3.05) is 5.32 Å². The predicted molar refractivity (Wildman–Crippen MR) is 94.0 cm³/mol. The van der Waals surface area contributed by atoms with Crippen molar-refractivity contribution < 1.29 is 4.79 Å². The molecular weight excluding hydrogens is 338 g/mol. The molecule has 0 aliphatic carbocycles. The van der Waals surface area contributed by atoms with Crippen LogP contribution in [-0.4, -0.2) is 21.4 Å². The van der Waals surface area contributed by atoms with Gasteiger partial charge in [-0.3, -0.25) is 10.1 Å². The zero-order valence-corrected chi connectivity index (χ0v) is 15.1. The Kier molecular flexibility index (Phi) is 6.23. The summed E-state index contributed by atoms with van der Waals surface area (Å²) < 4.78 is 0. The molecule has 2 aromatic rings. The maximum Gasteiger partial charge on any atom is 0.239 e. The maximum absolute atomic E-state index is 12.4. The number of rotatable bonds is 6. The lowest BCUT2D eigenvalue weighted by Gasteiger charge is -2.13. The third-order valence-corrected chi connectivity index (χ3v) is 5.69. The Morgan fingerprint density at radius 2 is 2.00 bits per heavy atom. The number of amides is 1. The van der Waals surface area contributed by atoms with E-state index in [0.717, 1.165) is 16.3 Å². The Bertz CT molecular complexity index is 628. The Hall–Kier alpha value is -1.11. The zero-order valence-electron chi connectivity index (χ0n) is 12.7. The quantitative estimate of drug-likeness (QED) is 0.754. The van der Waals surface area contributed by atoms with Gasteiger partial charge in [0.2, 0.25) is 11.0 Å². The van der Waals surface area contributed by atoms with Gasteiger partial charge in [-0.25, -0.2) is 0 Å². The van der Waals surface area contributed by atoms with Gasteiger partial charge in [0.1, 0.15) is 5.01 Å².